The first-order chi connectivity index (χ1) is 23.5. The zero-order chi connectivity index (χ0) is 35.1. The van der Waals surface area contributed by atoms with Crippen molar-refractivity contribution < 1.29 is 39.3 Å². The minimum Gasteiger partial charge on any atom is -0.508 e. The lowest BCUT2D eigenvalue weighted by Gasteiger charge is -2.25. The fourth-order valence-electron chi connectivity index (χ4n) is 5.63. The molecule has 4 unspecified atom stereocenters. The maximum Gasteiger partial charge on any atom is 0.326 e. The van der Waals surface area contributed by atoms with Gasteiger partial charge in [-0.3, -0.25) is 19.2 Å². The van der Waals surface area contributed by atoms with Gasteiger partial charge in [-0.15, -0.1) is 0 Å². The molecule has 49 heavy (non-hydrogen) atoms. The minimum atomic E-state index is -1.69. The molecule has 0 aliphatic rings. The second-order valence-corrected chi connectivity index (χ2v) is 11.7. The molecule has 10 N–H and O–H groups in total. The van der Waals surface area contributed by atoms with E-state index in [4.69, 9.17) is 5.73 Å². The van der Waals surface area contributed by atoms with Crippen molar-refractivity contribution >= 4 is 51.5 Å². The van der Waals surface area contributed by atoms with Gasteiger partial charge in [0, 0.05) is 47.0 Å². The van der Waals surface area contributed by atoms with Gasteiger partial charge in [0.1, 0.15) is 23.9 Å². The molecule has 2 aromatic heterocycles. The molecule has 0 saturated carbocycles. The van der Waals surface area contributed by atoms with Crippen molar-refractivity contribution in [3.63, 3.8) is 0 Å². The van der Waals surface area contributed by atoms with Crippen LogP contribution in [0.1, 0.15) is 23.1 Å². The molecule has 0 fully saturated rings. The summed E-state index contributed by atoms with van der Waals surface area (Å²) >= 11 is 0. The normalized spacial score (nSPS) is 13.7. The van der Waals surface area contributed by atoms with Crippen LogP contribution in [0.3, 0.4) is 0 Å². The standard InChI is InChI=1S/C35H36N6O8/c36-25(14-20-17-37-26-7-3-1-5-23(20)26)32(45)39-28(13-19-9-11-22(42)12-10-19)33(46)40-29(16-31(43)44)34(47)41-30(35(48)49)15-21-18-38-27-8-4-2-6-24(21)27/h1-12,17-18,25,28-30,37-38,42H,13-16,36H2,(H,39,45)(H,40,46)(H,41,47)(H,43,44)(H,48,49). The maximum absolute atomic E-state index is 13.7. The van der Waals surface area contributed by atoms with E-state index >= 15 is 0 Å². The summed E-state index contributed by atoms with van der Waals surface area (Å²) in [5.41, 5.74) is 9.83. The molecule has 0 radical (unpaired) electrons. The number of carboxylic acids is 2. The number of fused-ring (bicyclic) bond motifs is 2. The van der Waals surface area contributed by atoms with Gasteiger partial charge >= 0.3 is 11.9 Å². The van der Waals surface area contributed by atoms with Crippen molar-refractivity contribution in [2.24, 2.45) is 5.73 Å². The molecule has 0 aliphatic carbocycles. The number of nitrogens with two attached hydrogens (primary N) is 1. The van der Waals surface area contributed by atoms with Crippen LogP contribution in [0, 0.1) is 0 Å². The van der Waals surface area contributed by atoms with Crippen molar-refractivity contribution in [3.8, 4) is 5.75 Å². The van der Waals surface area contributed by atoms with Crippen LogP contribution in [0.25, 0.3) is 21.8 Å². The number of hydrogen-bond acceptors (Lipinski definition) is 7. The molecule has 14 heteroatoms. The third kappa shape index (κ3) is 8.61. The van der Waals surface area contributed by atoms with Crippen LogP contribution >= 0.6 is 0 Å². The quantitative estimate of drug-likeness (QED) is 0.0788. The first-order valence-electron chi connectivity index (χ1n) is 15.5. The molecule has 5 aromatic rings. The second kappa shape index (κ2) is 15.2. The Morgan fingerprint density at radius 2 is 1.14 bits per heavy atom. The van der Waals surface area contributed by atoms with Crippen LogP contribution in [-0.4, -0.2) is 79.1 Å². The first-order valence-corrected chi connectivity index (χ1v) is 15.5. The number of aromatic nitrogens is 2. The molecule has 0 spiro atoms. The largest absolute Gasteiger partial charge is 0.508 e. The number of hydrogen-bond donors (Lipinski definition) is 9. The zero-order valence-electron chi connectivity index (χ0n) is 26.2. The number of benzene rings is 3. The lowest BCUT2D eigenvalue weighted by Crippen LogP contribution is -2.58. The lowest BCUT2D eigenvalue weighted by molar-refractivity contribution is -0.143. The number of phenolic OH excluding ortho intramolecular Hbond substituents is 1. The summed E-state index contributed by atoms with van der Waals surface area (Å²) in [5, 5.41) is 38.2. The number of rotatable bonds is 15. The van der Waals surface area contributed by atoms with Crippen LogP contribution in [0.15, 0.2) is 85.2 Å². The average molecular weight is 669 g/mol. The number of nitrogens with one attached hydrogen (secondary N) is 5. The number of aromatic amines is 2. The van der Waals surface area contributed by atoms with E-state index in [9.17, 15) is 39.3 Å². The minimum absolute atomic E-state index is 0.0200. The molecule has 0 bridgehead atoms. The molecular formula is C35H36N6O8. The van der Waals surface area contributed by atoms with E-state index in [0.29, 0.717) is 11.1 Å². The highest BCUT2D eigenvalue weighted by molar-refractivity contribution is 5.96. The molecule has 4 atom stereocenters. The Morgan fingerprint density at radius 3 is 1.71 bits per heavy atom. The Balaban J connectivity index is 1.32. The SMILES string of the molecule is NC(Cc1c[nH]c2ccccc12)C(=O)NC(Cc1ccc(O)cc1)C(=O)NC(CC(=O)O)C(=O)NC(Cc1c[nH]c2ccccc12)C(=O)O. The van der Waals surface area contributed by atoms with Gasteiger partial charge in [0.05, 0.1) is 12.5 Å². The summed E-state index contributed by atoms with van der Waals surface area (Å²) in [7, 11) is 0. The van der Waals surface area contributed by atoms with E-state index in [0.717, 1.165) is 27.4 Å². The Labute approximate surface area is 279 Å². The Hall–Kier alpha value is -6.15. The third-order valence-electron chi connectivity index (χ3n) is 8.19. The summed E-state index contributed by atoms with van der Waals surface area (Å²) in [6.45, 7) is 0. The van der Waals surface area contributed by atoms with Gasteiger partial charge in [-0.1, -0.05) is 48.5 Å². The monoisotopic (exact) mass is 668 g/mol. The van der Waals surface area contributed by atoms with Gasteiger partial charge in [0.2, 0.25) is 17.7 Å². The molecule has 14 nitrogen and oxygen atoms in total. The van der Waals surface area contributed by atoms with Crippen molar-refractivity contribution in [1.82, 2.24) is 25.9 Å². The fraction of sp³-hybridized carbons (Fsp3) is 0.229. The number of carbonyl (C=O) groups excluding carboxylic acids is 3. The summed E-state index contributed by atoms with van der Waals surface area (Å²) in [5.74, 6) is -5.41. The highest BCUT2D eigenvalue weighted by Gasteiger charge is 2.32. The number of para-hydroxylation sites is 2. The smallest absolute Gasteiger partial charge is 0.326 e. The summed E-state index contributed by atoms with van der Waals surface area (Å²) < 4.78 is 0. The average Bonchev–Trinajstić information content (AvgIpc) is 3.68. The van der Waals surface area contributed by atoms with E-state index in [-0.39, 0.29) is 25.0 Å². The predicted molar refractivity (Wildman–Crippen MR) is 179 cm³/mol. The number of amides is 3. The van der Waals surface area contributed by atoms with Crippen LogP contribution in [-0.2, 0) is 43.2 Å². The maximum atomic E-state index is 13.7. The van der Waals surface area contributed by atoms with E-state index in [1.165, 1.54) is 24.3 Å². The highest BCUT2D eigenvalue weighted by Crippen LogP contribution is 2.20. The van der Waals surface area contributed by atoms with E-state index in [2.05, 4.69) is 25.9 Å². The predicted octanol–water partition coefficient (Wildman–Crippen LogP) is 1.72. The summed E-state index contributed by atoms with van der Waals surface area (Å²) in [6, 6.07) is 15.0. The van der Waals surface area contributed by atoms with E-state index in [1.54, 1.807) is 24.5 Å². The Bertz CT molecular complexity index is 1980. The summed E-state index contributed by atoms with van der Waals surface area (Å²) in [4.78, 5) is 70.4. The van der Waals surface area contributed by atoms with Gasteiger partial charge in [-0.25, -0.2) is 4.79 Å². The van der Waals surface area contributed by atoms with Gasteiger partial charge in [-0.2, -0.15) is 0 Å². The van der Waals surface area contributed by atoms with Gasteiger partial charge in [0.15, 0.2) is 0 Å². The third-order valence-corrected chi connectivity index (χ3v) is 8.19. The van der Waals surface area contributed by atoms with Crippen molar-refractivity contribution in [3.05, 3.63) is 102 Å². The highest BCUT2D eigenvalue weighted by atomic mass is 16.4. The zero-order valence-corrected chi connectivity index (χ0v) is 26.2. The van der Waals surface area contributed by atoms with Crippen LogP contribution in [0.4, 0.5) is 0 Å². The van der Waals surface area contributed by atoms with Gasteiger partial charge in [0.25, 0.3) is 0 Å². The number of aromatic hydroxyl groups is 1. The van der Waals surface area contributed by atoms with Crippen LogP contribution in [0.2, 0.25) is 0 Å². The fourth-order valence-corrected chi connectivity index (χ4v) is 5.63. The topological polar surface area (TPSA) is 240 Å². The number of aliphatic carboxylic acids is 2. The molecule has 5 rings (SSSR count). The molecule has 3 aromatic carbocycles. The molecule has 254 valence electrons. The Kier molecular flexibility index (Phi) is 10.6. The second-order valence-electron chi connectivity index (χ2n) is 11.7. The molecular weight excluding hydrogens is 632 g/mol. The number of phenols is 1. The van der Waals surface area contributed by atoms with Crippen LogP contribution < -0.4 is 21.7 Å². The molecule has 2 heterocycles. The number of H-pyrrole nitrogens is 2. The van der Waals surface area contributed by atoms with Crippen molar-refractivity contribution in [1.29, 1.82) is 0 Å². The molecule has 3 amide bonds. The van der Waals surface area contributed by atoms with Gasteiger partial charge in [-0.05, 0) is 47.4 Å². The van der Waals surface area contributed by atoms with Gasteiger partial charge < -0.3 is 47.0 Å². The van der Waals surface area contributed by atoms with Crippen molar-refractivity contribution in [2.45, 2.75) is 49.9 Å². The lowest BCUT2D eigenvalue weighted by atomic mass is 10.0. The van der Waals surface area contributed by atoms with Crippen molar-refractivity contribution in [2.75, 3.05) is 0 Å². The Morgan fingerprint density at radius 1 is 0.633 bits per heavy atom. The number of carboxylic acid groups (broad SMARTS) is 2. The first kappa shape index (κ1) is 34.2. The number of carbonyl (C=O) groups is 5. The summed E-state index contributed by atoms with van der Waals surface area (Å²) in [6.07, 6.45) is 2.43. The molecule has 0 saturated heterocycles. The van der Waals surface area contributed by atoms with Crippen LogP contribution in [0.5, 0.6) is 5.75 Å². The van der Waals surface area contributed by atoms with E-state index in [1.807, 2.05) is 36.4 Å². The molecule has 0 aliphatic heterocycles. The van der Waals surface area contributed by atoms with E-state index < -0.39 is 60.2 Å².